The summed E-state index contributed by atoms with van der Waals surface area (Å²) >= 11 is 3.44. The highest BCUT2D eigenvalue weighted by molar-refractivity contribution is 9.10. The van der Waals surface area contributed by atoms with Crippen molar-refractivity contribution in [1.29, 1.82) is 0 Å². The van der Waals surface area contributed by atoms with Gasteiger partial charge in [0.05, 0.1) is 18.2 Å². The smallest absolute Gasteiger partial charge is 0.137 e. The maximum absolute atomic E-state index is 9.58. The van der Waals surface area contributed by atoms with Crippen LogP contribution in [0.25, 0.3) is 10.9 Å². The van der Waals surface area contributed by atoms with Crippen LogP contribution >= 0.6 is 15.9 Å². The van der Waals surface area contributed by atoms with Gasteiger partial charge in [0.2, 0.25) is 0 Å². The van der Waals surface area contributed by atoms with E-state index in [9.17, 15) is 5.11 Å². The summed E-state index contributed by atoms with van der Waals surface area (Å²) in [7, 11) is 1.58. The van der Waals surface area contributed by atoms with Gasteiger partial charge >= 0.3 is 0 Å². The number of fused-ring (bicyclic) bond motifs is 1. The number of anilines is 1. The molecule has 0 saturated carbocycles. The Morgan fingerprint density at radius 2 is 2.26 bits per heavy atom. The zero-order valence-electron chi connectivity index (χ0n) is 10.6. The van der Waals surface area contributed by atoms with E-state index in [4.69, 9.17) is 4.74 Å². The SMILES string of the molecule is COCC(O)CCNc1ncnc2ccc(Br)cc12. The number of methoxy groups -OCH3 is 1. The summed E-state index contributed by atoms with van der Waals surface area (Å²) < 4.78 is 5.87. The number of benzene rings is 1. The Bertz CT molecular complexity index is 550. The number of hydrogen-bond acceptors (Lipinski definition) is 5. The van der Waals surface area contributed by atoms with Gasteiger partial charge in [-0.3, -0.25) is 0 Å². The molecule has 1 atom stereocenters. The zero-order chi connectivity index (χ0) is 13.7. The summed E-state index contributed by atoms with van der Waals surface area (Å²) in [4.78, 5) is 8.45. The van der Waals surface area contributed by atoms with Crippen LogP contribution < -0.4 is 5.32 Å². The number of aromatic nitrogens is 2. The minimum absolute atomic E-state index is 0.345. The van der Waals surface area contributed by atoms with Crippen molar-refractivity contribution < 1.29 is 9.84 Å². The van der Waals surface area contributed by atoms with Crippen LogP contribution in [0.3, 0.4) is 0 Å². The molecule has 102 valence electrons. The van der Waals surface area contributed by atoms with E-state index in [1.807, 2.05) is 18.2 Å². The third-order valence-corrected chi connectivity index (χ3v) is 3.22. The van der Waals surface area contributed by atoms with Crippen molar-refractivity contribution in [3.05, 3.63) is 29.0 Å². The van der Waals surface area contributed by atoms with Crippen LogP contribution in [0, 0.1) is 0 Å². The summed E-state index contributed by atoms with van der Waals surface area (Å²) in [6, 6.07) is 5.86. The van der Waals surface area contributed by atoms with E-state index in [1.165, 1.54) is 6.33 Å². The molecule has 1 heterocycles. The second kappa shape index (κ2) is 6.79. The second-order valence-electron chi connectivity index (χ2n) is 4.21. The molecule has 6 heteroatoms. The van der Waals surface area contributed by atoms with Crippen LogP contribution in [0.1, 0.15) is 6.42 Å². The Balaban J connectivity index is 2.06. The fourth-order valence-corrected chi connectivity index (χ4v) is 2.16. The highest BCUT2D eigenvalue weighted by atomic mass is 79.9. The van der Waals surface area contributed by atoms with Crippen molar-refractivity contribution in [1.82, 2.24) is 9.97 Å². The summed E-state index contributed by atoms with van der Waals surface area (Å²) in [5.74, 6) is 0.774. The maximum atomic E-state index is 9.58. The predicted molar refractivity (Wildman–Crippen MR) is 78.2 cm³/mol. The van der Waals surface area contributed by atoms with Gasteiger partial charge in [-0.15, -0.1) is 0 Å². The lowest BCUT2D eigenvalue weighted by Crippen LogP contribution is -2.18. The van der Waals surface area contributed by atoms with Crippen molar-refractivity contribution in [3.8, 4) is 0 Å². The van der Waals surface area contributed by atoms with Crippen molar-refractivity contribution in [2.75, 3.05) is 25.6 Å². The van der Waals surface area contributed by atoms with E-state index in [0.717, 1.165) is 21.2 Å². The van der Waals surface area contributed by atoms with Gasteiger partial charge in [-0.25, -0.2) is 9.97 Å². The number of nitrogens with one attached hydrogen (secondary N) is 1. The van der Waals surface area contributed by atoms with Crippen LogP contribution in [0.5, 0.6) is 0 Å². The molecule has 0 aliphatic rings. The van der Waals surface area contributed by atoms with E-state index in [-0.39, 0.29) is 0 Å². The maximum Gasteiger partial charge on any atom is 0.137 e. The molecule has 0 amide bonds. The van der Waals surface area contributed by atoms with Gasteiger partial charge in [0.1, 0.15) is 12.1 Å². The van der Waals surface area contributed by atoms with Gasteiger partial charge in [-0.1, -0.05) is 15.9 Å². The van der Waals surface area contributed by atoms with Gasteiger partial charge in [-0.05, 0) is 24.6 Å². The normalized spacial score (nSPS) is 12.6. The summed E-state index contributed by atoms with van der Waals surface area (Å²) in [5, 5.41) is 13.8. The Morgan fingerprint density at radius 1 is 1.42 bits per heavy atom. The third kappa shape index (κ3) is 3.86. The molecule has 0 aliphatic carbocycles. The molecule has 2 N–H and O–H groups in total. The van der Waals surface area contributed by atoms with Gasteiger partial charge in [0, 0.05) is 23.5 Å². The topological polar surface area (TPSA) is 67.3 Å². The van der Waals surface area contributed by atoms with Crippen molar-refractivity contribution in [2.24, 2.45) is 0 Å². The average Bonchev–Trinajstić information content (AvgIpc) is 2.39. The minimum atomic E-state index is -0.461. The quantitative estimate of drug-likeness (QED) is 0.852. The van der Waals surface area contributed by atoms with E-state index >= 15 is 0 Å². The molecule has 0 radical (unpaired) electrons. The minimum Gasteiger partial charge on any atom is -0.391 e. The van der Waals surface area contributed by atoms with E-state index < -0.39 is 6.10 Å². The van der Waals surface area contributed by atoms with Crippen LogP contribution in [0.4, 0.5) is 5.82 Å². The number of hydrogen-bond donors (Lipinski definition) is 2. The molecule has 0 fully saturated rings. The first-order valence-electron chi connectivity index (χ1n) is 6.02. The number of ether oxygens (including phenoxy) is 1. The fraction of sp³-hybridized carbons (Fsp3) is 0.385. The standard InChI is InChI=1S/C13H16BrN3O2/c1-19-7-10(18)4-5-15-13-11-6-9(14)2-3-12(11)16-8-17-13/h2-3,6,8,10,18H,4-5,7H2,1H3,(H,15,16,17). The molecule has 0 aliphatic heterocycles. The lowest BCUT2D eigenvalue weighted by molar-refractivity contribution is 0.0615. The van der Waals surface area contributed by atoms with Crippen LogP contribution in [0.15, 0.2) is 29.0 Å². The Morgan fingerprint density at radius 3 is 3.05 bits per heavy atom. The average molecular weight is 326 g/mol. The van der Waals surface area contributed by atoms with Gasteiger partial charge in [-0.2, -0.15) is 0 Å². The van der Waals surface area contributed by atoms with Crippen LogP contribution in [-0.4, -0.2) is 41.4 Å². The van der Waals surface area contributed by atoms with Crippen molar-refractivity contribution >= 4 is 32.7 Å². The van der Waals surface area contributed by atoms with Crippen LogP contribution in [0.2, 0.25) is 0 Å². The van der Waals surface area contributed by atoms with E-state index in [0.29, 0.717) is 19.6 Å². The first-order valence-corrected chi connectivity index (χ1v) is 6.81. The first-order chi connectivity index (χ1) is 9.20. The van der Waals surface area contributed by atoms with Gasteiger partial charge in [0.15, 0.2) is 0 Å². The van der Waals surface area contributed by atoms with Gasteiger partial charge < -0.3 is 15.2 Å². The molecule has 2 rings (SSSR count). The fourth-order valence-electron chi connectivity index (χ4n) is 1.80. The van der Waals surface area contributed by atoms with E-state index in [2.05, 4.69) is 31.2 Å². The lowest BCUT2D eigenvalue weighted by Gasteiger charge is -2.11. The number of aliphatic hydroxyl groups excluding tert-OH is 1. The number of halogens is 1. The lowest BCUT2D eigenvalue weighted by atomic mass is 10.2. The molecule has 5 nitrogen and oxygen atoms in total. The molecule has 0 bridgehead atoms. The van der Waals surface area contributed by atoms with Crippen molar-refractivity contribution in [3.63, 3.8) is 0 Å². The Labute approximate surface area is 120 Å². The zero-order valence-corrected chi connectivity index (χ0v) is 12.2. The molecule has 2 aromatic rings. The Hall–Kier alpha value is -1.24. The van der Waals surface area contributed by atoms with E-state index in [1.54, 1.807) is 7.11 Å². The highest BCUT2D eigenvalue weighted by Crippen LogP contribution is 2.23. The van der Waals surface area contributed by atoms with Crippen molar-refractivity contribution in [2.45, 2.75) is 12.5 Å². The number of rotatable bonds is 6. The molecule has 1 aromatic carbocycles. The molecular formula is C13H16BrN3O2. The predicted octanol–water partition coefficient (Wildman–Crippen LogP) is 2.20. The molecule has 19 heavy (non-hydrogen) atoms. The molecule has 0 spiro atoms. The Kier molecular flexibility index (Phi) is 5.07. The molecular weight excluding hydrogens is 310 g/mol. The monoisotopic (exact) mass is 325 g/mol. The summed E-state index contributed by atoms with van der Waals surface area (Å²) in [6.45, 7) is 0.973. The summed E-state index contributed by atoms with van der Waals surface area (Å²) in [6.07, 6.45) is 1.68. The molecule has 1 aromatic heterocycles. The molecule has 0 saturated heterocycles. The summed E-state index contributed by atoms with van der Waals surface area (Å²) in [5.41, 5.74) is 0.887. The second-order valence-corrected chi connectivity index (χ2v) is 5.12. The largest absolute Gasteiger partial charge is 0.391 e. The van der Waals surface area contributed by atoms with Gasteiger partial charge in [0.25, 0.3) is 0 Å². The number of nitrogens with zero attached hydrogens (tertiary/aromatic N) is 2. The molecule has 1 unspecified atom stereocenters. The number of aliphatic hydroxyl groups is 1. The highest BCUT2D eigenvalue weighted by Gasteiger charge is 2.06. The third-order valence-electron chi connectivity index (χ3n) is 2.73. The van der Waals surface area contributed by atoms with Crippen LogP contribution in [-0.2, 0) is 4.74 Å². The first kappa shape index (κ1) is 14.2.